The van der Waals surface area contributed by atoms with Crippen molar-refractivity contribution in [3.63, 3.8) is 0 Å². The van der Waals surface area contributed by atoms with Gasteiger partial charge >= 0.3 is 0 Å². The molecule has 0 saturated carbocycles. The zero-order valence-electron chi connectivity index (χ0n) is 13.7. The summed E-state index contributed by atoms with van der Waals surface area (Å²) in [6, 6.07) is 7.78. The molecule has 3 aromatic rings. The Morgan fingerprint density at radius 1 is 1.38 bits per heavy atom. The van der Waals surface area contributed by atoms with E-state index >= 15 is 0 Å². The molecule has 7 nitrogen and oxygen atoms in total. The fourth-order valence-electron chi connectivity index (χ4n) is 2.40. The number of ether oxygens (including phenoxy) is 1. The minimum absolute atomic E-state index is 0.192. The summed E-state index contributed by atoms with van der Waals surface area (Å²) in [4.78, 5) is 21.3. The minimum atomic E-state index is -0.192. The number of benzene rings is 1. The van der Waals surface area contributed by atoms with E-state index in [1.807, 2.05) is 36.2 Å². The van der Waals surface area contributed by atoms with Gasteiger partial charge in [-0.15, -0.1) is 0 Å². The van der Waals surface area contributed by atoms with Gasteiger partial charge in [0, 0.05) is 20.6 Å². The lowest BCUT2D eigenvalue weighted by molar-refractivity contribution is 0.363. The molecule has 24 heavy (non-hydrogen) atoms. The normalized spacial score (nSPS) is 10.8. The van der Waals surface area contributed by atoms with Crippen LogP contribution in [0.3, 0.4) is 0 Å². The van der Waals surface area contributed by atoms with Gasteiger partial charge < -0.3 is 9.64 Å². The van der Waals surface area contributed by atoms with Crippen molar-refractivity contribution in [2.45, 2.75) is 6.54 Å². The van der Waals surface area contributed by atoms with Gasteiger partial charge in [0.05, 0.1) is 6.20 Å². The van der Waals surface area contributed by atoms with Crippen molar-refractivity contribution in [3.8, 4) is 5.75 Å². The highest BCUT2D eigenvalue weighted by Crippen LogP contribution is 2.16. The molecule has 3 rings (SSSR count). The molecule has 0 aliphatic rings. The Bertz CT molecular complexity index is 911. The fraction of sp³-hybridized carbons (Fsp3) is 0.235. The highest BCUT2D eigenvalue weighted by atomic mass is 16.5. The molecule has 0 radical (unpaired) electrons. The maximum absolute atomic E-state index is 12.1. The van der Waals surface area contributed by atoms with Gasteiger partial charge in [-0.1, -0.05) is 24.8 Å². The molecular weight excluding hydrogens is 306 g/mol. The molecule has 0 fully saturated rings. The zero-order valence-corrected chi connectivity index (χ0v) is 13.7. The van der Waals surface area contributed by atoms with Gasteiger partial charge in [-0.3, -0.25) is 14.5 Å². The van der Waals surface area contributed by atoms with Gasteiger partial charge in [-0.05, 0) is 17.7 Å². The summed E-state index contributed by atoms with van der Waals surface area (Å²) in [5, 5.41) is 4.55. The van der Waals surface area contributed by atoms with Gasteiger partial charge in [0.15, 0.2) is 5.65 Å². The molecular formula is C17H19N5O2. The van der Waals surface area contributed by atoms with Crippen LogP contribution < -0.4 is 15.2 Å². The number of anilines is 1. The Morgan fingerprint density at radius 2 is 2.12 bits per heavy atom. The number of fused-ring (bicyclic) bond motifs is 1. The second-order valence-electron chi connectivity index (χ2n) is 5.49. The molecule has 0 bridgehead atoms. The van der Waals surface area contributed by atoms with Crippen LogP contribution in [0.2, 0.25) is 0 Å². The Labute approximate surface area is 139 Å². The van der Waals surface area contributed by atoms with Crippen LogP contribution >= 0.6 is 0 Å². The second-order valence-corrected chi connectivity index (χ2v) is 5.49. The van der Waals surface area contributed by atoms with Gasteiger partial charge in [0.1, 0.15) is 17.7 Å². The first-order valence-electron chi connectivity index (χ1n) is 7.54. The SMILES string of the molecule is C=CCOc1ccc(CN(C)c2nc3c(cnn3C)c(=O)[nH]2)cc1. The average molecular weight is 325 g/mol. The molecule has 0 spiro atoms. The molecule has 2 aromatic heterocycles. The van der Waals surface area contributed by atoms with Crippen LogP contribution in [-0.2, 0) is 13.6 Å². The molecule has 0 aliphatic heterocycles. The largest absolute Gasteiger partial charge is 0.490 e. The number of aromatic amines is 1. The molecule has 0 amide bonds. The zero-order chi connectivity index (χ0) is 17.1. The predicted octanol–water partition coefficient (Wildman–Crippen LogP) is 1.86. The summed E-state index contributed by atoms with van der Waals surface area (Å²) >= 11 is 0. The number of nitrogens with one attached hydrogen (secondary N) is 1. The monoisotopic (exact) mass is 325 g/mol. The first-order valence-corrected chi connectivity index (χ1v) is 7.54. The number of aryl methyl sites for hydroxylation is 1. The molecule has 0 aliphatic carbocycles. The number of rotatable bonds is 6. The lowest BCUT2D eigenvalue weighted by atomic mass is 10.2. The summed E-state index contributed by atoms with van der Waals surface area (Å²) in [5.74, 6) is 1.30. The van der Waals surface area contributed by atoms with Crippen molar-refractivity contribution >= 4 is 17.0 Å². The first kappa shape index (κ1) is 15.8. The van der Waals surface area contributed by atoms with E-state index in [-0.39, 0.29) is 5.56 Å². The Kier molecular flexibility index (Phi) is 4.33. The second kappa shape index (κ2) is 6.57. The van der Waals surface area contributed by atoms with Crippen LogP contribution in [-0.4, -0.2) is 33.4 Å². The Balaban J connectivity index is 1.79. The van der Waals surface area contributed by atoms with E-state index in [0.29, 0.717) is 30.1 Å². The molecule has 0 unspecified atom stereocenters. The van der Waals surface area contributed by atoms with Crippen LogP contribution in [0.25, 0.3) is 11.0 Å². The predicted molar refractivity (Wildman–Crippen MR) is 93.4 cm³/mol. The number of aromatic nitrogens is 4. The number of hydrogen-bond donors (Lipinski definition) is 1. The maximum Gasteiger partial charge on any atom is 0.263 e. The summed E-state index contributed by atoms with van der Waals surface area (Å²) in [7, 11) is 3.64. The van der Waals surface area contributed by atoms with Crippen molar-refractivity contribution < 1.29 is 4.74 Å². The van der Waals surface area contributed by atoms with E-state index in [9.17, 15) is 4.79 Å². The molecule has 1 aromatic carbocycles. The average Bonchev–Trinajstić information content (AvgIpc) is 2.96. The third kappa shape index (κ3) is 3.15. The number of hydrogen-bond acceptors (Lipinski definition) is 5. The molecule has 1 N–H and O–H groups in total. The fourth-order valence-corrected chi connectivity index (χ4v) is 2.40. The third-order valence-electron chi connectivity index (χ3n) is 3.66. The standard InChI is InChI=1S/C17H19N5O2/c1-4-9-24-13-7-5-12(6-8-13)11-21(2)17-19-15-14(16(23)20-17)10-18-22(15)3/h4-8,10H,1,9,11H2,2-3H3,(H,19,20,23). The van der Waals surface area contributed by atoms with Crippen molar-refractivity contribution in [1.29, 1.82) is 0 Å². The molecule has 2 heterocycles. The minimum Gasteiger partial charge on any atom is -0.490 e. The van der Waals surface area contributed by atoms with Gasteiger partial charge in [-0.25, -0.2) is 0 Å². The topological polar surface area (TPSA) is 76.0 Å². The van der Waals surface area contributed by atoms with Crippen LogP contribution in [0.4, 0.5) is 5.95 Å². The van der Waals surface area contributed by atoms with E-state index in [0.717, 1.165) is 11.3 Å². The van der Waals surface area contributed by atoms with Gasteiger partial charge in [0.2, 0.25) is 5.95 Å². The molecule has 7 heteroatoms. The Morgan fingerprint density at radius 3 is 2.83 bits per heavy atom. The highest BCUT2D eigenvalue weighted by molar-refractivity contribution is 5.74. The molecule has 0 atom stereocenters. The Hall–Kier alpha value is -3.09. The van der Waals surface area contributed by atoms with Crippen LogP contribution in [0, 0.1) is 0 Å². The summed E-state index contributed by atoms with van der Waals surface area (Å²) < 4.78 is 7.06. The molecule has 0 saturated heterocycles. The number of H-pyrrole nitrogens is 1. The van der Waals surface area contributed by atoms with Gasteiger partial charge in [-0.2, -0.15) is 10.1 Å². The highest BCUT2D eigenvalue weighted by Gasteiger charge is 2.11. The van der Waals surface area contributed by atoms with Crippen LogP contribution in [0.15, 0.2) is 47.9 Å². The smallest absolute Gasteiger partial charge is 0.263 e. The lowest BCUT2D eigenvalue weighted by Crippen LogP contribution is -2.23. The van der Waals surface area contributed by atoms with Crippen molar-refractivity contribution in [1.82, 2.24) is 19.7 Å². The quantitative estimate of drug-likeness (QED) is 0.700. The van der Waals surface area contributed by atoms with E-state index in [1.54, 1.807) is 17.8 Å². The number of nitrogens with zero attached hydrogens (tertiary/aromatic N) is 4. The van der Waals surface area contributed by atoms with E-state index in [2.05, 4.69) is 21.6 Å². The third-order valence-corrected chi connectivity index (χ3v) is 3.66. The van der Waals surface area contributed by atoms with Crippen molar-refractivity contribution in [2.75, 3.05) is 18.6 Å². The van der Waals surface area contributed by atoms with E-state index in [4.69, 9.17) is 4.74 Å². The summed E-state index contributed by atoms with van der Waals surface area (Å²) in [6.45, 7) is 4.71. The van der Waals surface area contributed by atoms with Crippen molar-refractivity contribution in [2.24, 2.45) is 7.05 Å². The van der Waals surface area contributed by atoms with Gasteiger partial charge in [0.25, 0.3) is 5.56 Å². The summed E-state index contributed by atoms with van der Waals surface area (Å²) in [5.41, 5.74) is 1.45. The van der Waals surface area contributed by atoms with Crippen LogP contribution in [0.5, 0.6) is 5.75 Å². The van der Waals surface area contributed by atoms with E-state index < -0.39 is 0 Å². The molecule has 124 valence electrons. The van der Waals surface area contributed by atoms with Crippen molar-refractivity contribution in [3.05, 3.63) is 59.0 Å². The summed E-state index contributed by atoms with van der Waals surface area (Å²) in [6.07, 6.45) is 3.23. The van der Waals surface area contributed by atoms with E-state index in [1.165, 1.54) is 6.20 Å². The maximum atomic E-state index is 12.1. The first-order chi connectivity index (χ1) is 11.6. The lowest BCUT2D eigenvalue weighted by Gasteiger charge is -2.18. The van der Waals surface area contributed by atoms with Crippen LogP contribution in [0.1, 0.15) is 5.56 Å².